The third-order valence-electron chi connectivity index (χ3n) is 6.38. The maximum atomic E-state index is 14.9. The number of hydrogen-bond acceptors (Lipinski definition) is 6. The van der Waals surface area contributed by atoms with Gasteiger partial charge in [-0.1, -0.05) is 0 Å². The first-order valence-corrected chi connectivity index (χ1v) is 10.3. The summed E-state index contributed by atoms with van der Waals surface area (Å²) in [7, 11) is 2.14. The largest absolute Gasteiger partial charge is 0.423 e. The van der Waals surface area contributed by atoms with E-state index in [1.54, 1.807) is 4.52 Å². The van der Waals surface area contributed by atoms with E-state index in [0.717, 1.165) is 49.5 Å². The highest BCUT2D eigenvalue weighted by atomic mass is 19.1. The lowest BCUT2D eigenvalue weighted by atomic mass is 9.80. The number of aromatic nitrogens is 4. The Bertz CT molecular complexity index is 1300. The van der Waals surface area contributed by atoms with Gasteiger partial charge in [-0.2, -0.15) is 10.1 Å². The van der Waals surface area contributed by atoms with Gasteiger partial charge in [0.15, 0.2) is 17.0 Å². The molecule has 5 heterocycles. The van der Waals surface area contributed by atoms with Crippen LogP contribution in [0, 0.1) is 25.1 Å². The number of anilines is 1. The molecule has 3 aromatic heterocycles. The fourth-order valence-electron chi connectivity index (χ4n) is 5.10. The molecule has 6 rings (SSSR count). The first kappa shape index (κ1) is 17.8. The Balaban J connectivity index is 1.38. The molecule has 2 fully saturated rings. The Morgan fingerprint density at radius 3 is 2.73 bits per heavy atom. The molecule has 0 unspecified atom stereocenters. The van der Waals surface area contributed by atoms with Crippen molar-refractivity contribution in [2.75, 3.05) is 38.1 Å². The van der Waals surface area contributed by atoms with E-state index >= 15 is 0 Å². The Labute approximate surface area is 173 Å². The minimum atomic E-state index is -0.392. The zero-order valence-corrected chi connectivity index (χ0v) is 17.3. The van der Waals surface area contributed by atoms with Gasteiger partial charge in [-0.25, -0.2) is 13.9 Å². The third-order valence-corrected chi connectivity index (χ3v) is 6.38. The van der Waals surface area contributed by atoms with E-state index in [4.69, 9.17) is 4.42 Å². The zero-order chi connectivity index (χ0) is 20.6. The Morgan fingerprint density at radius 1 is 1.10 bits per heavy atom. The molecule has 0 radical (unpaired) electrons. The highest BCUT2D eigenvalue weighted by Crippen LogP contribution is 2.41. The van der Waals surface area contributed by atoms with Gasteiger partial charge in [0.2, 0.25) is 0 Å². The fraction of sp³-hybridized carbons (Fsp3) is 0.409. The van der Waals surface area contributed by atoms with Gasteiger partial charge in [0.25, 0.3) is 6.01 Å². The van der Waals surface area contributed by atoms with Gasteiger partial charge < -0.3 is 14.2 Å². The average Bonchev–Trinajstić information content (AvgIpc) is 3.37. The van der Waals surface area contributed by atoms with Gasteiger partial charge in [0.05, 0.1) is 17.6 Å². The Kier molecular flexibility index (Phi) is 3.57. The number of hydrogen-bond donors (Lipinski definition) is 0. The Morgan fingerprint density at radius 2 is 1.93 bits per heavy atom. The number of aryl methyl sites for hydroxylation is 2. The zero-order valence-electron chi connectivity index (χ0n) is 17.3. The monoisotopic (exact) mass is 406 g/mol. The summed E-state index contributed by atoms with van der Waals surface area (Å²) in [5.41, 5.74) is 5.09. The minimum absolute atomic E-state index is 0.275. The van der Waals surface area contributed by atoms with Gasteiger partial charge >= 0.3 is 0 Å². The number of nitrogens with zero attached hydrogens (tertiary/aromatic N) is 6. The van der Waals surface area contributed by atoms with Crippen molar-refractivity contribution in [3.05, 3.63) is 41.5 Å². The number of halogens is 1. The van der Waals surface area contributed by atoms with Crippen molar-refractivity contribution in [3.8, 4) is 11.3 Å². The topological polar surface area (TPSA) is 62.7 Å². The molecule has 0 bridgehead atoms. The van der Waals surface area contributed by atoms with Gasteiger partial charge in [-0.15, -0.1) is 0 Å². The molecule has 8 heteroatoms. The molecule has 2 aliphatic rings. The number of oxazole rings is 1. The second kappa shape index (κ2) is 6.01. The van der Waals surface area contributed by atoms with Crippen LogP contribution >= 0.6 is 0 Å². The molecule has 2 aliphatic heterocycles. The summed E-state index contributed by atoms with van der Waals surface area (Å²) in [4.78, 5) is 13.4. The number of likely N-dealkylation sites (tertiary alicyclic amines) is 1. The molecule has 0 amide bonds. The van der Waals surface area contributed by atoms with Crippen LogP contribution in [0.5, 0.6) is 0 Å². The SMILES string of the molecule is Cc1cn2nc(-c3cc(F)c4nc(N5CCC6(CN(C)C6)C5)oc4c3)cc(C)c2n1. The molecule has 0 aliphatic carbocycles. The predicted molar refractivity (Wildman–Crippen MR) is 112 cm³/mol. The van der Waals surface area contributed by atoms with Crippen molar-refractivity contribution in [2.24, 2.45) is 5.41 Å². The molecule has 0 saturated carbocycles. The van der Waals surface area contributed by atoms with E-state index in [1.165, 1.54) is 6.07 Å². The summed E-state index contributed by atoms with van der Waals surface area (Å²) >= 11 is 0. The third kappa shape index (κ3) is 2.63. The summed E-state index contributed by atoms with van der Waals surface area (Å²) in [6.07, 6.45) is 2.99. The minimum Gasteiger partial charge on any atom is -0.423 e. The van der Waals surface area contributed by atoms with Gasteiger partial charge in [0.1, 0.15) is 5.52 Å². The molecule has 0 atom stereocenters. The number of fused-ring (bicyclic) bond motifs is 2. The second-order valence-corrected chi connectivity index (χ2v) is 9.01. The standard InChI is InChI=1S/C22H23FN6O/c1-13-6-17(26-29-9-14(2)24-20(13)29)15-7-16(23)19-18(8-15)30-21(25-19)28-5-4-22(12-28)10-27(3)11-22/h6-9H,4-5,10-12H2,1-3H3. The predicted octanol–water partition coefficient (Wildman–Crippen LogP) is 3.44. The van der Waals surface area contributed by atoms with Crippen LogP contribution in [0.25, 0.3) is 28.0 Å². The first-order valence-electron chi connectivity index (χ1n) is 10.3. The van der Waals surface area contributed by atoms with E-state index in [2.05, 4.69) is 31.9 Å². The van der Waals surface area contributed by atoms with Gasteiger partial charge in [-0.3, -0.25) is 0 Å². The lowest BCUT2D eigenvalue weighted by molar-refractivity contribution is 0.0422. The Hall–Kier alpha value is -3.00. The quantitative estimate of drug-likeness (QED) is 0.508. The molecule has 1 spiro atoms. The highest BCUT2D eigenvalue weighted by molar-refractivity contribution is 5.81. The van der Waals surface area contributed by atoms with E-state index in [1.807, 2.05) is 32.2 Å². The lowest BCUT2D eigenvalue weighted by Gasteiger charge is -2.45. The van der Waals surface area contributed by atoms with Gasteiger partial charge in [-0.05, 0) is 51.1 Å². The van der Waals surface area contributed by atoms with E-state index < -0.39 is 5.82 Å². The summed E-state index contributed by atoms with van der Waals surface area (Å²) in [6.45, 7) is 7.92. The maximum Gasteiger partial charge on any atom is 0.298 e. The van der Waals surface area contributed by atoms with E-state index in [-0.39, 0.29) is 5.52 Å². The van der Waals surface area contributed by atoms with E-state index in [0.29, 0.717) is 28.3 Å². The highest BCUT2D eigenvalue weighted by Gasteiger charge is 2.47. The number of imidazole rings is 1. The number of benzene rings is 1. The molecule has 2 saturated heterocycles. The van der Waals surface area contributed by atoms with Crippen molar-refractivity contribution in [1.29, 1.82) is 0 Å². The van der Waals surface area contributed by atoms with Crippen LogP contribution in [-0.2, 0) is 0 Å². The van der Waals surface area contributed by atoms with Crippen LogP contribution < -0.4 is 4.90 Å². The summed E-state index contributed by atoms with van der Waals surface area (Å²) in [6, 6.07) is 5.75. The number of rotatable bonds is 2. The molecule has 154 valence electrons. The van der Waals surface area contributed by atoms with Crippen molar-refractivity contribution >= 4 is 22.8 Å². The van der Waals surface area contributed by atoms with Crippen molar-refractivity contribution < 1.29 is 8.81 Å². The van der Waals surface area contributed by atoms with Crippen LogP contribution in [0.4, 0.5) is 10.4 Å². The van der Waals surface area contributed by atoms with Crippen molar-refractivity contribution in [2.45, 2.75) is 20.3 Å². The molecule has 0 N–H and O–H groups in total. The molecule has 30 heavy (non-hydrogen) atoms. The fourth-order valence-corrected chi connectivity index (χ4v) is 5.10. The molecule has 7 nitrogen and oxygen atoms in total. The van der Waals surface area contributed by atoms with Crippen LogP contribution in [0.3, 0.4) is 0 Å². The lowest BCUT2D eigenvalue weighted by Crippen LogP contribution is -2.55. The second-order valence-electron chi connectivity index (χ2n) is 9.01. The van der Waals surface area contributed by atoms with Crippen LogP contribution in [0.2, 0.25) is 0 Å². The molecule has 1 aromatic carbocycles. The van der Waals surface area contributed by atoms with Crippen LogP contribution in [0.1, 0.15) is 17.7 Å². The molecule has 4 aromatic rings. The first-order chi connectivity index (χ1) is 14.4. The summed E-state index contributed by atoms with van der Waals surface area (Å²) in [5.74, 6) is -0.392. The average molecular weight is 406 g/mol. The summed E-state index contributed by atoms with van der Waals surface area (Å²) in [5, 5.41) is 4.61. The maximum absolute atomic E-state index is 14.9. The van der Waals surface area contributed by atoms with Gasteiger partial charge in [0, 0.05) is 37.2 Å². The normalized spacial score (nSPS) is 18.7. The summed E-state index contributed by atoms with van der Waals surface area (Å²) < 4.78 is 22.7. The van der Waals surface area contributed by atoms with Crippen LogP contribution in [0.15, 0.2) is 28.8 Å². The van der Waals surface area contributed by atoms with Crippen molar-refractivity contribution in [3.63, 3.8) is 0 Å². The molecular weight excluding hydrogens is 383 g/mol. The van der Waals surface area contributed by atoms with E-state index in [9.17, 15) is 4.39 Å². The molecular formula is C22H23FN6O. The smallest absolute Gasteiger partial charge is 0.298 e. The van der Waals surface area contributed by atoms with Crippen LogP contribution in [-0.4, -0.2) is 57.7 Å². The van der Waals surface area contributed by atoms with Crippen molar-refractivity contribution in [1.82, 2.24) is 24.5 Å².